The molecule has 0 unspecified atom stereocenters. The van der Waals surface area contributed by atoms with Crippen LogP contribution in [0.3, 0.4) is 0 Å². The van der Waals surface area contributed by atoms with E-state index >= 15 is 0 Å². The summed E-state index contributed by atoms with van der Waals surface area (Å²) in [6, 6.07) is 6.41. The molecule has 4 heteroatoms. The first kappa shape index (κ1) is 26.9. The van der Waals surface area contributed by atoms with Crippen LogP contribution in [0.15, 0.2) is 83.0 Å². The predicted octanol–water partition coefficient (Wildman–Crippen LogP) is 3.98. The molecule has 0 aliphatic heterocycles. The van der Waals surface area contributed by atoms with Crippen molar-refractivity contribution in [3.05, 3.63) is 83.0 Å². The standard InChI is InChI=1S/C26H33NO2.K.H/c1-19(11-16-24-21(3)10-7-17-26(24,4)5)8-6-9-20(2)18-25(29)27-22-12-14-23(28)15-13-22;;/h6,8-9,11-16,18,28H,7,10,17H2,1-5H3,(H,27,29);;/q;+1;-1/b9-6+,16-11+,19-8+,20-18+;;. The van der Waals surface area contributed by atoms with Crippen LogP contribution in [-0.4, -0.2) is 11.0 Å². The van der Waals surface area contributed by atoms with Crippen molar-refractivity contribution < 1.29 is 62.7 Å². The number of benzene rings is 1. The molecule has 1 aliphatic rings. The molecular formula is C26H34KNO2. The predicted molar refractivity (Wildman–Crippen MR) is 124 cm³/mol. The van der Waals surface area contributed by atoms with Gasteiger partial charge in [-0.05, 0) is 80.9 Å². The van der Waals surface area contributed by atoms with Gasteiger partial charge in [-0.1, -0.05) is 55.4 Å². The summed E-state index contributed by atoms with van der Waals surface area (Å²) >= 11 is 0. The number of amides is 1. The summed E-state index contributed by atoms with van der Waals surface area (Å²) < 4.78 is 0. The van der Waals surface area contributed by atoms with E-state index in [1.54, 1.807) is 30.3 Å². The van der Waals surface area contributed by atoms with Crippen molar-refractivity contribution in [2.75, 3.05) is 5.32 Å². The van der Waals surface area contributed by atoms with Crippen molar-refractivity contribution in [1.82, 2.24) is 0 Å². The summed E-state index contributed by atoms with van der Waals surface area (Å²) in [7, 11) is 0. The van der Waals surface area contributed by atoms with Gasteiger partial charge in [0.15, 0.2) is 0 Å². The van der Waals surface area contributed by atoms with Crippen LogP contribution in [-0.2, 0) is 4.79 Å². The Hall–Kier alpha value is -1.17. The zero-order valence-corrected chi connectivity index (χ0v) is 22.4. The van der Waals surface area contributed by atoms with Crippen LogP contribution in [0.2, 0.25) is 0 Å². The monoisotopic (exact) mass is 431 g/mol. The first-order valence-corrected chi connectivity index (χ1v) is 10.2. The molecule has 0 saturated heterocycles. The van der Waals surface area contributed by atoms with Crippen LogP contribution in [0.5, 0.6) is 5.75 Å². The van der Waals surface area contributed by atoms with Gasteiger partial charge in [-0.2, -0.15) is 0 Å². The Morgan fingerprint density at radius 3 is 2.43 bits per heavy atom. The number of nitrogens with one attached hydrogen (secondary N) is 1. The summed E-state index contributed by atoms with van der Waals surface area (Å²) in [5.41, 5.74) is 5.89. The second-order valence-corrected chi connectivity index (χ2v) is 8.46. The number of carbonyl (C=O) groups is 1. The van der Waals surface area contributed by atoms with Gasteiger partial charge in [0.05, 0.1) is 0 Å². The molecule has 156 valence electrons. The van der Waals surface area contributed by atoms with E-state index in [2.05, 4.69) is 51.2 Å². The Bertz CT molecular complexity index is 890. The van der Waals surface area contributed by atoms with Gasteiger partial charge in [-0.25, -0.2) is 0 Å². The number of hydrogen-bond acceptors (Lipinski definition) is 2. The number of allylic oxidation sites excluding steroid dienone is 9. The van der Waals surface area contributed by atoms with Crippen molar-refractivity contribution in [2.24, 2.45) is 5.41 Å². The van der Waals surface area contributed by atoms with E-state index in [-0.39, 0.29) is 69.9 Å². The molecule has 1 aliphatic carbocycles. The van der Waals surface area contributed by atoms with Crippen molar-refractivity contribution in [3.8, 4) is 5.75 Å². The average molecular weight is 432 g/mol. The first-order chi connectivity index (χ1) is 13.7. The summed E-state index contributed by atoms with van der Waals surface area (Å²) in [5.74, 6) is -0.0206. The Balaban J connectivity index is 0.00000450. The third-order valence-corrected chi connectivity index (χ3v) is 5.27. The first-order valence-electron chi connectivity index (χ1n) is 10.2. The number of hydrogen-bond donors (Lipinski definition) is 2. The fraction of sp³-hybridized carbons (Fsp3) is 0.346. The molecule has 30 heavy (non-hydrogen) atoms. The van der Waals surface area contributed by atoms with E-state index in [0.29, 0.717) is 5.69 Å². The minimum absolute atomic E-state index is 0. The third-order valence-electron chi connectivity index (χ3n) is 5.27. The number of aromatic hydroxyl groups is 1. The van der Waals surface area contributed by atoms with Gasteiger partial charge in [0.1, 0.15) is 5.75 Å². The second-order valence-electron chi connectivity index (χ2n) is 8.46. The van der Waals surface area contributed by atoms with Gasteiger partial charge >= 0.3 is 51.4 Å². The van der Waals surface area contributed by atoms with Gasteiger partial charge in [0.25, 0.3) is 0 Å². The number of phenolic OH excluding ortho intramolecular Hbond substituents is 1. The molecule has 1 aromatic rings. The summed E-state index contributed by atoms with van der Waals surface area (Å²) in [6.07, 6.45) is 15.6. The maximum Gasteiger partial charge on any atom is 1.00 e. The second kappa shape index (κ2) is 12.6. The van der Waals surface area contributed by atoms with E-state index in [4.69, 9.17) is 0 Å². The van der Waals surface area contributed by atoms with Crippen LogP contribution in [0, 0.1) is 5.41 Å². The van der Waals surface area contributed by atoms with Crippen LogP contribution in [0.25, 0.3) is 0 Å². The van der Waals surface area contributed by atoms with Crippen LogP contribution >= 0.6 is 0 Å². The fourth-order valence-electron chi connectivity index (χ4n) is 3.61. The van der Waals surface area contributed by atoms with E-state index < -0.39 is 0 Å². The molecule has 0 saturated carbocycles. The quantitative estimate of drug-likeness (QED) is 0.310. The van der Waals surface area contributed by atoms with E-state index in [0.717, 1.165) is 5.57 Å². The van der Waals surface area contributed by atoms with E-state index in [1.165, 1.54) is 36.0 Å². The van der Waals surface area contributed by atoms with Crippen LogP contribution in [0.4, 0.5) is 5.69 Å². The van der Waals surface area contributed by atoms with Gasteiger partial charge in [-0.3, -0.25) is 4.79 Å². The van der Waals surface area contributed by atoms with E-state index in [1.807, 2.05) is 19.1 Å². The Labute approximate surface area is 225 Å². The fourth-order valence-corrected chi connectivity index (χ4v) is 3.61. The van der Waals surface area contributed by atoms with Gasteiger partial charge in [0, 0.05) is 11.8 Å². The largest absolute Gasteiger partial charge is 1.00 e. The molecule has 0 atom stereocenters. The maximum atomic E-state index is 12.1. The summed E-state index contributed by atoms with van der Waals surface area (Å²) in [6.45, 7) is 10.9. The smallest absolute Gasteiger partial charge is 1.00 e. The normalized spacial score (nSPS) is 17.4. The van der Waals surface area contributed by atoms with Crippen molar-refractivity contribution in [1.29, 1.82) is 0 Å². The molecule has 0 bridgehead atoms. The molecule has 2 N–H and O–H groups in total. The Morgan fingerprint density at radius 2 is 1.80 bits per heavy atom. The minimum Gasteiger partial charge on any atom is -1.00 e. The number of phenols is 1. The molecule has 0 radical (unpaired) electrons. The molecule has 1 aromatic carbocycles. The molecule has 0 fully saturated rings. The number of rotatable bonds is 6. The molecule has 2 rings (SSSR count). The third kappa shape index (κ3) is 8.90. The van der Waals surface area contributed by atoms with Crippen LogP contribution in [0.1, 0.15) is 55.3 Å². The average Bonchev–Trinajstić information content (AvgIpc) is 2.62. The van der Waals surface area contributed by atoms with Crippen molar-refractivity contribution in [3.63, 3.8) is 0 Å². The maximum absolute atomic E-state index is 12.1. The molecule has 0 spiro atoms. The van der Waals surface area contributed by atoms with Gasteiger partial charge in [-0.15, -0.1) is 0 Å². The molecule has 1 amide bonds. The Morgan fingerprint density at radius 1 is 1.13 bits per heavy atom. The molecule has 0 heterocycles. The molecular weight excluding hydrogens is 397 g/mol. The molecule has 3 nitrogen and oxygen atoms in total. The zero-order chi connectivity index (χ0) is 21.4. The zero-order valence-electron chi connectivity index (χ0n) is 20.3. The van der Waals surface area contributed by atoms with Crippen LogP contribution < -0.4 is 56.7 Å². The Kier molecular flexibility index (Phi) is 11.3. The number of anilines is 1. The molecule has 0 aromatic heterocycles. The van der Waals surface area contributed by atoms with Gasteiger partial charge < -0.3 is 11.8 Å². The minimum atomic E-state index is -0.194. The van der Waals surface area contributed by atoms with E-state index in [9.17, 15) is 9.90 Å². The van der Waals surface area contributed by atoms with Crippen molar-refractivity contribution in [2.45, 2.75) is 53.9 Å². The topological polar surface area (TPSA) is 49.3 Å². The van der Waals surface area contributed by atoms with Crippen molar-refractivity contribution >= 4 is 11.6 Å². The van der Waals surface area contributed by atoms with Gasteiger partial charge in [0.2, 0.25) is 5.91 Å². The summed E-state index contributed by atoms with van der Waals surface area (Å²) in [5, 5.41) is 12.1. The SMILES string of the molecule is CC1=C(/C=C/C(C)=C/C=C/C(C)=C/C(=O)Nc2ccc(O)cc2)C(C)(C)CCC1.[H-].[K+]. The number of carbonyl (C=O) groups excluding carboxylic acids is 1. The summed E-state index contributed by atoms with van der Waals surface area (Å²) in [4.78, 5) is 12.1.